The number of carbonyl (C=O) groups is 12. The van der Waals surface area contributed by atoms with Crippen LogP contribution in [0.2, 0.25) is 0 Å². The molecule has 103 heavy (non-hydrogen) atoms. The van der Waals surface area contributed by atoms with Gasteiger partial charge in [0.05, 0.1) is 30.6 Å². The summed E-state index contributed by atoms with van der Waals surface area (Å²) in [6.07, 6.45) is -1.53. The Morgan fingerprint density at radius 3 is 1.67 bits per heavy atom. The molecule has 5 rings (SSSR count). The van der Waals surface area contributed by atoms with Crippen LogP contribution in [-0.4, -0.2) is 234 Å². The zero-order chi connectivity index (χ0) is 76.0. The summed E-state index contributed by atoms with van der Waals surface area (Å²) < 4.78 is 0. The number of amides is 10. The number of carboxylic acids is 2. The molecule has 4 aromatic carbocycles. The highest BCUT2D eigenvalue weighted by molar-refractivity contribution is 7.99. The number of thiol groups is 1. The van der Waals surface area contributed by atoms with E-state index in [1.54, 1.807) is 66.9 Å². The molecule has 560 valence electrons. The molecule has 1 heterocycles. The van der Waals surface area contributed by atoms with Gasteiger partial charge in [-0.25, -0.2) is 9.59 Å². The monoisotopic (exact) mass is 1470 g/mol. The van der Waals surface area contributed by atoms with E-state index in [1.165, 1.54) is 38.2 Å². The lowest BCUT2D eigenvalue weighted by Crippen LogP contribution is -2.62. The number of unbranched alkanes of at least 4 members (excludes halogenated alkanes) is 1. The summed E-state index contributed by atoms with van der Waals surface area (Å²) in [4.78, 5) is 167. The number of phenols is 1. The van der Waals surface area contributed by atoms with Crippen molar-refractivity contribution in [3.8, 4) is 5.75 Å². The molecule has 24 N–H and O–H groups in total. The lowest BCUT2D eigenvalue weighted by atomic mass is 10.0. The number of carboxylic acid groups (broad SMARTS) is 2. The van der Waals surface area contributed by atoms with Crippen molar-refractivity contribution in [3.05, 3.63) is 132 Å². The zero-order valence-corrected chi connectivity index (χ0v) is 58.7. The van der Waals surface area contributed by atoms with Crippen molar-refractivity contribution in [1.82, 2.24) is 57.7 Å². The van der Waals surface area contributed by atoms with Crippen molar-refractivity contribution in [2.45, 2.75) is 144 Å². The number of anilines is 1. The molecule has 0 bridgehead atoms. The number of nitrogens with zero attached hydrogens (tertiary/aromatic N) is 1. The van der Waals surface area contributed by atoms with Gasteiger partial charge in [-0.2, -0.15) is 24.4 Å². The molecule has 0 aliphatic rings. The summed E-state index contributed by atoms with van der Waals surface area (Å²) in [5.74, 6) is -12.9. The van der Waals surface area contributed by atoms with E-state index in [-0.39, 0.29) is 68.1 Å². The van der Waals surface area contributed by atoms with Crippen molar-refractivity contribution >= 4 is 112 Å². The van der Waals surface area contributed by atoms with Gasteiger partial charge in [0.25, 0.3) is 0 Å². The first-order chi connectivity index (χ1) is 48.9. The van der Waals surface area contributed by atoms with Crippen molar-refractivity contribution in [2.75, 3.05) is 49.7 Å². The molecule has 10 amide bonds. The zero-order valence-electron chi connectivity index (χ0n) is 57.0. The highest BCUT2D eigenvalue weighted by Gasteiger charge is 2.39. The minimum absolute atomic E-state index is 0.00971. The van der Waals surface area contributed by atoms with E-state index in [0.29, 0.717) is 40.8 Å². The van der Waals surface area contributed by atoms with Gasteiger partial charge in [0.1, 0.15) is 66.2 Å². The molecule has 0 spiro atoms. The quantitative estimate of drug-likeness (QED) is 0.0101. The molecule has 33 nitrogen and oxygen atoms in total. The van der Waals surface area contributed by atoms with E-state index in [2.05, 4.69) is 60.1 Å². The number of aliphatic hydroxyl groups excluding tert-OH is 3. The van der Waals surface area contributed by atoms with Gasteiger partial charge in [0, 0.05) is 61.4 Å². The third-order valence-corrected chi connectivity index (χ3v) is 17.8. The Hall–Kier alpha value is -9.88. The first-order valence-corrected chi connectivity index (χ1v) is 34.7. The Bertz CT molecular complexity index is 3690. The lowest BCUT2D eigenvalue weighted by molar-refractivity contribution is -0.146. The van der Waals surface area contributed by atoms with Crippen LogP contribution in [0, 0.1) is 0 Å². The molecule has 0 saturated carbocycles. The number of fused-ring (bicyclic) bond motifs is 1. The van der Waals surface area contributed by atoms with Crippen LogP contribution in [-0.2, 0) is 83.2 Å². The van der Waals surface area contributed by atoms with Crippen LogP contribution in [0.3, 0.4) is 0 Å². The summed E-state index contributed by atoms with van der Waals surface area (Å²) >= 11 is 5.09. The number of benzene rings is 4. The average molecular weight is 1470 g/mol. The number of likely N-dealkylation sites (N-methyl/N-ethyl adjacent to an activating group) is 1. The average Bonchev–Trinajstić information content (AvgIpc) is 1.79. The molecule has 13 atom stereocenters. The summed E-state index contributed by atoms with van der Waals surface area (Å²) in [6.45, 7) is 1.07. The van der Waals surface area contributed by atoms with Crippen LogP contribution in [0.25, 0.3) is 10.9 Å². The van der Waals surface area contributed by atoms with Crippen LogP contribution < -0.4 is 70.8 Å². The number of aromatic amines is 1. The molecule has 5 aromatic rings. The Balaban J connectivity index is 1.22. The number of aliphatic hydroxyl groups is 3. The Kier molecular flexibility index (Phi) is 34.1. The van der Waals surface area contributed by atoms with Gasteiger partial charge in [-0.1, -0.05) is 72.8 Å². The molecular formula is C68H93N15O18S2. The number of nitrogens with two attached hydrogens (primary N) is 4. The predicted octanol–water partition coefficient (Wildman–Crippen LogP) is -3.69. The number of thioether (sulfide) groups is 1. The fraction of sp³-hybridized carbons (Fsp3) is 0.441. The molecule has 0 aliphatic carbocycles. The van der Waals surface area contributed by atoms with Crippen molar-refractivity contribution in [1.29, 1.82) is 0 Å². The van der Waals surface area contributed by atoms with Gasteiger partial charge in [0.15, 0.2) is 0 Å². The Morgan fingerprint density at radius 2 is 1.07 bits per heavy atom. The molecule has 0 saturated heterocycles. The normalized spacial score (nSPS) is 15.0. The number of hydrogen-bond donors (Lipinski definition) is 21. The molecule has 35 heteroatoms. The fourth-order valence-electron chi connectivity index (χ4n) is 10.5. The first-order valence-electron chi connectivity index (χ1n) is 32.9. The molecule has 1 unspecified atom stereocenters. The third kappa shape index (κ3) is 26.8. The maximum absolute atomic E-state index is 14.7. The number of hydrogen-bond acceptors (Lipinski definition) is 22. The Labute approximate surface area is 603 Å². The highest BCUT2D eigenvalue weighted by Crippen LogP contribution is 2.21. The van der Waals surface area contributed by atoms with E-state index in [9.17, 15) is 88.2 Å². The number of H-pyrrole nitrogens is 1. The maximum Gasteiger partial charge on any atom is 0.328 e. The summed E-state index contributed by atoms with van der Waals surface area (Å²) in [7, 11) is 1.23. The SMILES string of the molecule is C[C@@H](O)[C@H](NC(=O)[C@H](CS)NC(=O)[C@H](Cc1ccc(N)cc1)NC(=O)C(N)CNC(=O)CSCC[C@H](NC(=O)[C@H](Cc1ccccc1)N(C)C(=O)[C@@H](NC(=O)[C@H](CCCCN)NC(=O)[C@@H](Cc1c[nH]c2ccccc12)NC(=O)[C@@H](N)Cc1ccc(O)cc1)[C@@H](C)O)C(=O)O)C(=O)N[C@@H](CO)C(=O)O. The molecule has 1 aromatic heterocycles. The largest absolute Gasteiger partial charge is 0.508 e. The number of carbonyl (C=O) groups excluding carboxylic acids is 10. The summed E-state index contributed by atoms with van der Waals surface area (Å²) in [5.41, 5.74) is 27.6. The van der Waals surface area contributed by atoms with E-state index >= 15 is 0 Å². The molecule has 0 aliphatic heterocycles. The molecule has 0 radical (unpaired) electrons. The Morgan fingerprint density at radius 1 is 0.553 bits per heavy atom. The second kappa shape index (κ2) is 41.9. The number of nitrogen functional groups attached to an aromatic ring is 1. The topological polar surface area (TPSA) is 558 Å². The van der Waals surface area contributed by atoms with E-state index < -0.39 is 163 Å². The van der Waals surface area contributed by atoms with Gasteiger partial charge in [-0.3, -0.25) is 47.9 Å². The van der Waals surface area contributed by atoms with Gasteiger partial charge in [-0.05, 0) is 111 Å². The molecular weight excluding hydrogens is 1380 g/mol. The van der Waals surface area contributed by atoms with Crippen LogP contribution in [0.1, 0.15) is 61.8 Å². The lowest BCUT2D eigenvalue weighted by Gasteiger charge is -2.33. The first kappa shape index (κ1) is 83.8. The third-order valence-electron chi connectivity index (χ3n) is 16.5. The number of nitrogens with one attached hydrogen (secondary N) is 10. The number of rotatable bonds is 43. The van der Waals surface area contributed by atoms with Crippen LogP contribution in [0.15, 0.2) is 109 Å². The standard InChI is InChI=1S/C68H93N15O18S2/c1-36(85)56(65(96)79-52(33-84)68(100)101)81-63(94)53(34-102)80-61(92)50(28-40-16-20-42(70)21-17-40)77-59(90)46(72)32-74-55(88)35-103-26-24-49(67(98)99)76-64(95)54(29-38-11-5-4-6-12-38)83(3)66(97)57(37(2)86)82-60(91)48(15-9-10-25-69)75-62(93)51(30-41-31-73-47-14-8-7-13-44(41)47)78-58(89)45(71)27-39-18-22-43(87)23-19-39/h4-8,11-14,16-23,31,36-37,45-46,48-54,56-57,73,84-87,102H,9-10,15,24-30,32-35,69-72H2,1-3H3,(H,74,88)(H,75,93)(H,76,95)(H,77,90)(H,78,89)(H,79,96)(H,80,92)(H,81,94)(H,82,91)(H,98,99)(H,100,101)/t36-,37-,45+,46?,48+,49+,50+,51-,52+,53+,54+,56+,57+/m1/s1. The number of phenolic OH excluding ortho intramolecular Hbond substituents is 1. The van der Waals surface area contributed by atoms with Crippen LogP contribution in [0.4, 0.5) is 5.69 Å². The van der Waals surface area contributed by atoms with Gasteiger partial charge < -0.3 is 111 Å². The second-order valence-electron chi connectivity index (χ2n) is 24.5. The van der Waals surface area contributed by atoms with Crippen molar-refractivity contribution in [2.24, 2.45) is 17.2 Å². The fourth-order valence-corrected chi connectivity index (χ4v) is 11.6. The summed E-state index contributed by atoms with van der Waals surface area (Å²) in [5, 5.41) is 83.1. The smallest absolute Gasteiger partial charge is 0.328 e. The predicted molar refractivity (Wildman–Crippen MR) is 384 cm³/mol. The number of para-hydroxylation sites is 1. The van der Waals surface area contributed by atoms with Crippen molar-refractivity contribution < 1.29 is 88.2 Å². The minimum Gasteiger partial charge on any atom is -0.508 e. The van der Waals surface area contributed by atoms with Crippen LogP contribution >= 0.6 is 24.4 Å². The second-order valence-corrected chi connectivity index (χ2v) is 26.0. The van der Waals surface area contributed by atoms with E-state index in [1.807, 2.05) is 23.5 Å². The number of aromatic nitrogens is 1. The van der Waals surface area contributed by atoms with Crippen LogP contribution in [0.5, 0.6) is 5.75 Å². The van der Waals surface area contributed by atoms with Crippen molar-refractivity contribution in [3.63, 3.8) is 0 Å². The summed E-state index contributed by atoms with van der Waals surface area (Å²) in [6, 6.07) is 11.2. The van der Waals surface area contributed by atoms with Gasteiger partial charge in [0.2, 0.25) is 59.1 Å². The number of aromatic hydroxyl groups is 1. The van der Waals surface area contributed by atoms with Gasteiger partial charge in [-0.15, -0.1) is 0 Å². The number of aliphatic carboxylic acids is 2. The molecule has 0 fully saturated rings. The van der Waals surface area contributed by atoms with E-state index in [4.69, 9.17) is 22.9 Å². The van der Waals surface area contributed by atoms with Gasteiger partial charge >= 0.3 is 11.9 Å². The minimum atomic E-state index is -1.77. The highest BCUT2D eigenvalue weighted by atomic mass is 32.2. The maximum atomic E-state index is 14.7. The van der Waals surface area contributed by atoms with E-state index in [0.717, 1.165) is 34.5 Å².